The highest BCUT2D eigenvalue weighted by atomic mass is 16.3. The Labute approximate surface area is 65.7 Å². The second kappa shape index (κ2) is 2.34. The van der Waals surface area contributed by atoms with Crippen LogP contribution in [0.5, 0.6) is 0 Å². The second-order valence-electron chi connectivity index (χ2n) is 3.28. The van der Waals surface area contributed by atoms with E-state index in [2.05, 4.69) is 5.10 Å². The highest BCUT2D eigenvalue weighted by Gasteiger charge is 2.28. The van der Waals surface area contributed by atoms with Crippen molar-refractivity contribution in [1.82, 2.24) is 9.78 Å². The van der Waals surface area contributed by atoms with Gasteiger partial charge in [0.1, 0.15) is 0 Å². The van der Waals surface area contributed by atoms with Crippen molar-refractivity contribution in [2.24, 2.45) is 0 Å². The largest absolute Gasteiger partial charge is 0.393 e. The lowest BCUT2D eigenvalue weighted by molar-refractivity contribution is 0.0434. The van der Waals surface area contributed by atoms with Crippen molar-refractivity contribution >= 4 is 0 Å². The summed E-state index contributed by atoms with van der Waals surface area (Å²) in [5, 5.41) is 13.2. The van der Waals surface area contributed by atoms with Crippen molar-refractivity contribution in [1.29, 1.82) is 0 Å². The van der Waals surface area contributed by atoms with Gasteiger partial charge in [0.05, 0.1) is 18.3 Å². The van der Waals surface area contributed by atoms with E-state index in [1.165, 1.54) is 5.56 Å². The van der Waals surface area contributed by atoms with Gasteiger partial charge in [-0.15, -0.1) is 0 Å². The molecule has 60 valence electrons. The summed E-state index contributed by atoms with van der Waals surface area (Å²) < 4.78 is 1.95. The maximum atomic E-state index is 9.05. The SMILES string of the molecule is Cc1cnn(C2CC(O)C2)c1. The number of hydrogen-bond acceptors (Lipinski definition) is 2. The minimum absolute atomic E-state index is 0.0930. The maximum absolute atomic E-state index is 9.05. The first kappa shape index (κ1) is 6.85. The summed E-state index contributed by atoms with van der Waals surface area (Å²) in [7, 11) is 0. The fraction of sp³-hybridized carbons (Fsp3) is 0.625. The average molecular weight is 152 g/mol. The van der Waals surface area contributed by atoms with Crippen LogP contribution in [-0.4, -0.2) is 21.0 Å². The van der Waals surface area contributed by atoms with Crippen LogP contribution < -0.4 is 0 Å². The molecule has 3 nitrogen and oxygen atoms in total. The lowest BCUT2D eigenvalue weighted by Crippen LogP contribution is -2.30. The zero-order valence-electron chi connectivity index (χ0n) is 6.57. The fourth-order valence-electron chi connectivity index (χ4n) is 1.41. The van der Waals surface area contributed by atoms with Crippen LogP contribution >= 0.6 is 0 Å². The van der Waals surface area contributed by atoms with Crippen molar-refractivity contribution < 1.29 is 5.11 Å². The third-order valence-corrected chi connectivity index (χ3v) is 2.19. The van der Waals surface area contributed by atoms with Gasteiger partial charge in [-0.3, -0.25) is 4.68 Å². The van der Waals surface area contributed by atoms with Gasteiger partial charge in [-0.05, 0) is 25.3 Å². The molecule has 1 heterocycles. The Kier molecular flexibility index (Phi) is 1.46. The summed E-state index contributed by atoms with van der Waals surface area (Å²) in [5.74, 6) is 0. The van der Waals surface area contributed by atoms with Crippen LogP contribution in [0.1, 0.15) is 24.4 Å². The van der Waals surface area contributed by atoms with Gasteiger partial charge in [0.15, 0.2) is 0 Å². The van der Waals surface area contributed by atoms with E-state index in [1.54, 1.807) is 0 Å². The Balaban J connectivity index is 2.07. The number of hydrogen-bond donors (Lipinski definition) is 1. The Hall–Kier alpha value is -0.830. The van der Waals surface area contributed by atoms with Crippen LogP contribution in [0.25, 0.3) is 0 Å². The molecule has 1 aliphatic rings. The summed E-state index contributed by atoms with van der Waals surface area (Å²) in [6.45, 7) is 2.03. The van der Waals surface area contributed by atoms with Gasteiger partial charge in [0.2, 0.25) is 0 Å². The number of aryl methyl sites for hydroxylation is 1. The van der Waals surface area contributed by atoms with E-state index in [4.69, 9.17) is 5.11 Å². The van der Waals surface area contributed by atoms with Gasteiger partial charge < -0.3 is 5.11 Å². The van der Waals surface area contributed by atoms with E-state index in [0.29, 0.717) is 6.04 Å². The number of nitrogens with zero attached hydrogens (tertiary/aromatic N) is 2. The molecule has 0 saturated heterocycles. The Bertz CT molecular complexity index is 250. The molecular formula is C8H12N2O. The van der Waals surface area contributed by atoms with Crippen LogP contribution in [0.3, 0.4) is 0 Å². The average Bonchev–Trinajstić information content (AvgIpc) is 2.29. The molecule has 0 atom stereocenters. The first-order valence-electron chi connectivity index (χ1n) is 3.94. The highest BCUT2D eigenvalue weighted by molar-refractivity contribution is 5.01. The maximum Gasteiger partial charge on any atom is 0.0581 e. The van der Waals surface area contributed by atoms with Crippen LogP contribution in [0.2, 0.25) is 0 Å². The molecule has 0 spiro atoms. The van der Waals surface area contributed by atoms with Gasteiger partial charge >= 0.3 is 0 Å². The molecule has 1 aromatic heterocycles. The monoisotopic (exact) mass is 152 g/mol. The number of rotatable bonds is 1. The van der Waals surface area contributed by atoms with Crippen molar-refractivity contribution in [2.75, 3.05) is 0 Å². The molecule has 1 aliphatic carbocycles. The zero-order valence-corrected chi connectivity index (χ0v) is 6.57. The van der Waals surface area contributed by atoms with E-state index in [-0.39, 0.29) is 6.10 Å². The molecule has 0 aliphatic heterocycles. The molecule has 11 heavy (non-hydrogen) atoms. The fourth-order valence-corrected chi connectivity index (χ4v) is 1.41. The van der Waals surface area contributed by atoms with Gasteiger partial charge in [0, 0.05) is 6.20 Å². The molecule has 0 radical (unpaired) electrons. The predicted octanol–water partition coefficient (Wildman–Crippen LogP) is 0.887. The molecule has 1 N–H and O–H groups in total. The topological polar surface area (TPSA) is 38.0 Å². The van der Waals surface area contributed by atoms with Gasteiger partial charge in [-0.2, -0.15) is 5.10 Å². The van der Waals surface area contributed by atoms with Crippen LogP contribution in [0.15, 0.2) is 12.4 Å². The highest BCUT2D eigenvalue weighted by Crippen LogP contribution is 2.31. The second-order valence-corrected chi connectivity index (χ2v) is 3.28. The van der Waals surface area contributed by atoms with Crippen LogP contribution in [-0.2, 0) is 0 Å². The van der Waals surface area contributed by atoms with E-state index >= 15 is 0 Å². The summed E-state index contributed by atoms with van der Waals surface area (Å²) in [6, 6.07) is 0.443. The first-order valence-corrected chi connectivity index (χ1v) is 3.94. The molecule has 0 bridgehead atoms. The molecule has 3 heteroatoms. The van der Waals surface area contributed by atoms with Crippen LogP contribution in [0.4, 0.5) is 0 Å². The van der Waals surface area contributed by atoms with Crippen molar-refractivity contribution in [3.63, 3.8) is 0 Å². The van der Waals surface area contributed by atoms with Gasteiger partial charge in [-0.1, -0.05) is 0 Å². The molecule has 1 fully saturated rings. The minimum Gasteiger partial charge on any atom is -0.393 e. The van der Waals surface area contributed by atoms with E-state index in [1.807, 2.05) is 24.0 Å². The molecule has 1 saturated carbocycles. The Morgan fingerprint density at radius 2 is 2.36 bits per heavy atom. The molecule has 0 aromatic carbocycles. The number of aromatic nitrogens is 2. The molecule has 1 aromatic rings. The van der Waals surface area contributed by atoms with Crippen LogP contribution in [0, 0.1) is 6.92 Å². The lowest BCUT2D eigenvalue weighted by Gasteiger charge is -2.31. The smallest absolute Gasteiger partial charge is 0.0581 e. The first-order chi connectivity index (χ1) is 5.25. The molecule has 2 rings (SSSR count). The van der Waals surface area contributed by atoms with Gasteiger partial charge in [0.25, 0.3) is 0 Å². The summed E-state index contributed by atoms with van der Waals surface area (Å²) in [4.78, 5) is 0. The standard InChI is InChI=1S/C8H12N2O/c1-6-4-9-10(5-6)7-2-8(11)3-7/h4-5,7-8,11H,2-3H2,1H3. The van der Waals surface area contributed by atoms with Gasteiger partial charge in [-0.25, -0.2) is 0 Å². The molecule has 0 unspecified atom stereocenters. The Morgan fingerprint density at radius 1 is 1.64 bits per heavy atom. The zero-order chi connectivity index (χ0) is 7.84. The quantitative estimate of drug-likeness (QED) is 0.649. The summed E-state index contributed by atoms with van der Waals surface area (Å²) >= 11 is 0. The van der Waals surface area contributed by atoms with Crippen molar-refractivity contribution in [3.05, 3.63) is 18.0 Å². The van der Waals surface area contributed by atoms with E-state index in [0.717, 1.165) is 12.8 Å². The minimum atomic E-state index is -0.0930. The third-order valence-electron chi connectivity index (χ3n) is 2.19. The molecule has 0 amide bonds. The van der Waals surface area contributed by atoms with Crippen molar-refractivity contribution in [2.45, 2.75) is 31.9 Å². The summed E-state index contributed by atoms with van der Waals surface area (Å²) in [5.41, 5.74) is 1.19. The normalized spacial score (nSPS) is 30.0. The lowest BCUT2D eigenvalue weighted by atomic mass is 9.90. The van der Waals surface area contributed by atoms with E-state index < -0.39 is 0 Å². The molecular weight excluding hydrogens is 140 g/mol. The third kappa shape index (κ3) is 1.16. The summed E-state index contributed by atoms with van der Waals surface area (Å²) in [6.07, 6.45) is 5.51. The van der Waals surface area contributed by atoms with Crippen molar-refractivity contribution in [3.8, 4) is 0 Å². The number of aliphatic hydroxyl groups excluding tert-OH is 1. The Morgan fingerprint density at radius 3 is 2.82 bits per heavy atom. The predicted molar refractivity (Wildman–Crippen MR) is 41.2 cm³/mol. The number of aliphatic hydroxyl groups is 1. The van der Waals surface area contributed by atoms with E-state index in [9.17, 15) is 0 Å².